The van der Waals surface area contributed by atoms with Gasteiger partial charge < -0.3 is 9.84 Å². The fourth-order valence-electron chi connectivity index (χ4n) is 2.22. The molecule has 0 spiro atoms. The second-order valence-electron chi connectivity index (χ2n) is 5.41. The molecule has 19 heavy (non-hydrogen) atoms. The summed E-state index contributed by atoms with van der Waals surface area (Å²) in [6.07, 6.45) is 0.0644. The molecule has 1 fully saturated rings. The third kappa shape index (κ3) is 3.44. The number of ether oxygens (including phenoxy) is 1. The number of benzene rings is 1. The highest BCUT2D eigenvalue weighted by Gasteiger charge is 2.32. The fourth-order valence-corrected chi connectivity index (χ4v) is 2.22. The Morgan fingerprint density at radius 1 is 1.47 bits per heavy atom. The summed E-state index contributed by atoms with van der Waals surface area (Å²) in [5.74, 6) is -0.444. The Morgan fingerprint density at radius 2 is 2.16 bits per heavy atom. The Kier molecular flexibility index (Phi) is 3.75. The molecular formula is C14H18FNO3. The minimum absolute atomic E-state index is 0.231. The molecule has 1 aliphatic heterocycles. The van der Waals surface area contributed by atoms with E-state index in [1.54, 1.807) is 32.0 Å². The average molecular weight is 267 g/mol. The standard InChI is InChI=1S/C14H18FNO3/c1-14(2,18)9-10-7-8-16(13(17)19-10)12-6-4-3-5-11(12)15/h3-6,10,18H,7-9H2,1-2H3. The van der Waals surface area contributed by atoms with Gasteiger partial charge in [-0.25, -0.2) is 9.18 Å². The van der Waals surface area contributed by atoms with Crippen LogP contribution in [0.1, 0.15) is 26.7 Å². The summed E-state index contributed by atoms with van der Waals surface area (Å²) in [6, 6.07) is 6.11. The van der Waals surface area contributed by atoms with E-state index in [9.17, 15) is 14.3 Å². The SMILES string of the molecule is CC(C)(O)CC1CCN(c2ccccc2F)C(=O)O1. The second kappa shape index (κ2) is 5.17. The van der Waals surface area contributed by atoms with Gasteiger partial charge in [-0.1, -0.05) is 12.1 Å². The number of cyclic esters (lactones) is 1. The van der Waals surface area contributed by atoms with Crippen LogP contribution in [0.5, 0.6) is 0 Å². The number of nitrogens with zero attached hydrogens (tertiary/aromatic N) is 1. The molecule has 5 heteroatoms. The van der Waals surface area contributed by atoms with E-state index >= 15 is 0 Å². The van der Waals surface area contributed by atoms with Gasteiger partial charge in [-0.3, -0.25) is 4.90 Å². The Bertz CT molecular complexity index is 470. The normalized spacial score (nSPS) is 20.3. The van der Waals surface area contributed by atoms with E-state index in [0.717, 1.165) is 0 Å². The van der Waals surface area contributed by atoms with Crippen molar-refractivity contribution < 1.29 is 19.0 Å². The molecule has 0 saturated carbocycles. The fraction of sp³-hybridized carbons (Fsp3) is 0.500. The largest absolute Gasteiger partial charge is 0.446 e. The summed E-state index contributed by atoms with van der Waals surface area (Å²) < 4.78 is 18.9. The summed E-state index contributed by atoms with van der Waals surface area (Å²) in [7, 11) is 0. The van der Waals surface area contributed by atoms with Gasteiger partial charge in [0.05, 0.1) is 11.3 Å². The van der Waals surface area contributed by atoms with Crippen LogP contribution in [0.25, 0.3) is 0 Å². The molecule has 1 N–H and O–H groups in total. The van der Waals surface area contributed by atoms with Crippen LogP contribution < -0.4 is 4.90 Å². The van der Waals surface area contributed by atoms with Gasteiger partial charge in [-0.2, -0.15) is 0 Å². The van der Waals surface area contributed by atoms with Crippen LogP contribution in [0.2, 0.25) is 0 Å². The van der Waals surface area contributed by atoms with E-state index in [1.807, 2.05) is 0 Å². The molecule has 1 amide bonds. The van der Waals surface area contributed by atoms with Crippen molar-refractivity contribution in [3.8, 4) is 0 Å². The number of aliphatic hydroxyl groups is 1. The maximum absolute atomic E-state index is 13.6. The van der Waals surface area contributed by atoms with Crippen molar-refractivity contribution in [1.29, 1.82) is 0 Å². The van der Waals surface area contributed by atoms with Gasteiger partial charge in [0.2, 0.25) is 0 Å². The highest BCUT2D eigenvalue weighted by Crippen LogP contribution is 2.26. The van der Waals surface area contributed by atoms with Crippen molar-refractivity contribution in [2.24, 2.45) is 0 Å². The predicted molar refractivity (Wildman–Crippen MR) is 69.5 cm³/mol. The van der Waals surface area contributed by atoms with Crippen LogP contribution in [-0.4, -0.2) is 29.4 Å². The summed E-state index contributed by atoms with van der Waals surface area (Å²) in [5, 5.41) is 9.72. The van der Waals surface area contributed by atoms with E-state index < -0.39 is 17.5 Å². The minimum Gasteiger partial charge on any atom is -0.446 e. The van der Waals surface area contributed by atoms with Crippen molar-refractivity contribution >= 4 is 11.8 Å². The first-order chi connectivity index (χ1) is 8.87. The van der Waals surface area contributed by atoms with E-state index in [-0.39, 0.29) is 11.8 Å². The van der Waals surface area contributed by atoms with Crippen molar-refractivity contribution in [2.75, 3.05) is 11.4 Å². The third-order valence-corrected chi connectivity index (χ3v) is 3.03. The van der Waals surface area contributed by atoms with Gasteiger partial charge in [0.25, 0.3) is 0 Å². The first-order valence-electron chi connectivity index (χ1n) is 6.32. The number of carbonyl (C=O) groups is 1. The topological polar surface area (TPSA) is 49.8 Å². The lowest BCUT2D eigenvalue weighted by atomic mass is 9.98. The maximum Gasteiger partial charge on any atom is 0.414 e. The second-order valence-corrected chi connectivity index (χ2v) is 5.41. The van der Waals surface area contributed by atoms with E-state index in [2.05, 4.69) is 0 Å². The van der Waals surface area contributed by atoms with Gasteiger partial charge in [-0.05, 0) is 26.0 Å². The van der Waals surface area contributed by atoms with Gasteiger partial charge >= 0.3 is 6.09 Å². The molecule has 1 aliphatic rings. The first-order valence-corrected chi connectivity index (χ1v) is 6.32. The Hall–Kier alpha value is -1.62. The van der Waals surface area contributed by atoms with Gasteiger partial charge in [0.15, 0.2) is 0 Å². The van der Waals surface area contributed by atoms with E-state index in [1.165, 1.54) is 11.0 Å². The van der Waals surface area contributed by atoms with Crippen molar-refractivity contribution in [2.45, 2.75) is 38.4 Å². The third-order valence-electron chi connectivity index (χ3n) is 3.03. The molecule has 1 aromatic carbocycles. The van der Waals surface area contributed by atoms with Gasteiger partial charge in [0, 0.05) is 19.4 Å². The highest BCUT2D eigenvalue weighted by molar-refractivity contribution is 5.88. The summed E-state index contributed by atoms with van der Waals surface area (Å²) >= 11 is 0. The molecule has 1 saturated heterocycles. The molecule has 1 atom stereocenters. The van der Waals surface area contributed by atoms with Crippen LogP contribution in [0.3, 0.4) is 0 Å². The Morgan fingerprint density at radius 3 is 2.74 bits per heavy atom. The molecule has 0 radical (unpaired) electrons. The summed E-state index contributed by atoms with van der Waals surface area (Å²) in [4.78, 5) is 13.2. The maximum atomic E-state index is 13.6. The first kappa shape index (κ1) is 13.8. The molecule has 1 heterocycles. The number of carbonyl (C=O) groups excluding carboxylic acids is 1. The molecule has 0 aromatic heterocycles. The van der Waals surface area contributed by atoms with Crippen molar-refractivity contribution in [3.63, 3.8) is 0 Å². The summed E-state index contributed by atoms with van der Waals surface area (Å²) in [6.45, 7) is 3.73. The van der Waals surface area contributed by atoms with Crippen molar-refractivity contribution in [3.05, 3.63) is 30.1 Å². The number of rotatable bonds is 3. The van der Waals surface area contributed by atoms with Crippen LogP contribution >= 0.6 is 0 Å². The quantitative estimate of drug-likeness (QED) is 0.916. The number of anilines is 1. The van der Waals surface area contributed by atoms with E-state index in [4.69, 9.17) is 4.74 Å². The van der Waals surface area contributed by atoms with Gasteiger partial charge in [-0.15, -0.1) is 0 Å². The molecule has 4 nitrogen and oxygen atoms in total. The predicted octanol–water partition coefficient (Wildman–Crippen LogP) is 2.70. The highest BCUT2D eigenvalue weighted by atomic mass is 19.1. The van der Waals surface area contributed by atoms with Crippen molar-refractivity contribution in [1.82, 2.24) is 0 Å². The molecule has 1 unspecified atom stereocenters. The molecule has 2 rings (SSSR count). The zero-order chi connectivity index (χ0) is 14.0. The lowest BCUT2D eigenvalue weighted by Crippen LogP contribution is -2.44. The number of hydrogen-bond acceptors (Lipinski definition) is 3. The monoisotopic (exact) mass is 267 g/mol. The number of hydrogen-bond donors (Lipinski definition) is 1. The zero-order valence-corrected chi connectivity index (χ0v) is 11.1. The summed E-state index contributed by atoms with van der Waals surface area (Å²) in [5.41, 5.74) is -0.653. The molecule has 1 aromatic rings. The molecule has 0 aliphatic carbocycles. The lowest BCUT2D eigenvalue weighted by molar-refractivity contribution is 0.00156. The molecule has 0 bridgehead atoms. The number of halogens is 1. The van der Waals surface area contributed by atoms with Crippen LogP contribution in [0.15, 0.2) is 24.3 Å². The minimum atomic E-state index is -0.884. The molecular weight excluding hydrogens is 249 g/mol. The van der Waals surface area contributed by atoms with Crippen LogP contribution in [0.4, 0.5) is 14.9 Å². The molecule has 104 valence electrons. The lowest BCUT2D eigenvalue weighted by Gasteiger charge is -2.34. The zero-order valence-electron chi connectivity index (χ0n) is 11.1. The Labute approximate surface area is 111 Å². The average Bonchev–Trinajstić information content (AvgIpc) is 2.28. The van der Waals surface area contributed by atoms with Crippen LogP contribution in [-0.2, 0) is 4.74 Å². The van der Waals surface area contributed by atoms with Crippen LogP contribution in [0, 0.1) is 5.82 Å². The van der Waals surface area contributed by atoms with E-state index in [0.29, 0.717) is 19.4 Å². The smallest absolute Gasteiger partial charge is 0.414 e. The van der Waals surface area contributed by atoms with Gasteiger partial charge in [0.1, 0.15) is 11.9 Å². The Balaban J connectivity index is 2.06. The number of amides is 1. The number of para-hydroxylation sites is 1.